The van der Waals surface area contributed by atoms with Crippen LogP contribution in [0.3, 0.4) is 0 Å². The maximum atomic E-state index is 11.2. The summed E-state index contributed by atoms with van der Waals surface area (Å²) in [5.41, 5.74) is 0.995. The van der Waals surface area contributed by atoms with Gasteiger partial charge in [-0.2, -0.15) is 0 Å². The third-order valence-electron chi connectivity index (χ3n) is 3.16. The molecule has 0 saturated carbocycles. The van der Waals surface area contributed by atoms with Crippen LogP contribution in [0.1, 0.15) is 31.2 Å². The molecule has 0 fully saturated rings. The lowest BCUT2D eigenvalue weighted by Crippen LogP contribution is -2.32. The summed E-state index contributed by atoms with van der Waals surface area (Å²) in [6.45, 7) is 1.98. The molecule has 0 aliphatic heterocycles. The first-order valence-corrected chi connectivity index (χ1v) is 8.51. The smallest absolute Gasteiger partial charge is 0.407 e. The summed E-state index contributed by atoms with van der Waals surface area (Å²) in [4.78, 5) is 12.6. The molecule has 1 N–H and O–H groups in total. The van der Waals surface area contributed by atoms with Crippen LogP contribution in [-0.4, -0.2) is 41.2 Å². The number of rotatable bonds is 11. The van der Waals surface area contributed by atoms with Gasteiger partial charge in [0.2, 0.25) is 0 Å². The SMILES string of the molecule is O=C(O)N(CCOCCCCCCBr)Cc1ccccc1. The largest absolute Gasteiger partial charge is 0.465 e. The first-order chi connectivity index (χ1) is 10.2. The van der Waals surface area contributed by atoms with Gasteiger partial charge in [0, 0.05) is 25.0 Å². The molecule has 1 amide bonds. The van der Waals surface area contributed by atoms with Crippen LogP contribution in [0.4, 0.5) is 4.79 Å². The van der Waals surface area contributed by atoms with Crippen LogP contribution in [0.15, 0.2) is 30.3 Å². The van der Waals surface area contributed by atoms with Crippen LogP contribution in [0, 0.1) is 0 Å². The van der Waals surface area contributed by atoms with Crippen molar-refractivity contribution >= 4 is 22.0 Å². The lowest BCUT2D eigenvalue weighted by Gasteiger charge is -2.19. The minimum atomic E-state index is -0.903. The quantitative estimate of drug-likeness (QED) is 0.478. The van der Waals surface area contributed by atoms with E-state index in [1.165, 1.54) is 17.7 Å². The zero-order chi connectivity index (χ0) is 15.3. The fourth-order valence-corrected chi connectivity index (χ4v) is 2.37. The Morgan fingerprint density at radius 3 is 2.48 bits per heavy atom. The number of halogens is 1. The number of carbonyl (C=O) groups is 1. The predicted molar refractivity (Wildman–Crippen MR) is 88.0 cm³/mol. The molecule has 4 nitrogen and oxygen atoms in total. The highest BCUT2D eigenvalue weighted by Gasteiger charge is 2.11. The number of carboxylic acid groups (broad SMARTS) is 1. The van der Waals surface area contributed by atoms with Gasteiger partial charge in [-0.05, 0) is 18.4 Å². The summed E-state index contributed by atoms with van der Waals surface area (Å²) in [6.07, 6.45) is 3.71. The van der Waals surface area contributed by atoms with E-state index in [1.54, 1.807) is 0 Å². The maximum absolute atomic E-state index is 11.2. The highest BCUT2D eigenvalue weighted by Crippen LogP contribution is 2.05. The molecule has 5 heteroatoms. The third kappa shape index (κ3) is 8.73. The van der Waals surface area contributed by atoms with Gasteiger partial charge in [0.1, 0.15) is 0 Å². The fraction of sp³-hybridized carbons (Fsp3) is 0.562. The highest BCUT2D eigenvalue weighted by atomic mass is 79.9. The summed E-state index contributed by atoms with van der Waals surface area (Å²) in [5.74, 6) is 0. The van der Waals surface area contributed by atoms with Gasteiger partial charge >= 0.3 is 6.09 Å². The van der Waals surface area contributed by atoms with Gasteiger partial charge in [0.05, 0.1) is 6.61 Å². The summed E-state index contributed by atoms with van der Waals surface area (Å²) in [6, 6.07) is 9.62. The number of benzene rings is 1. The van der Waals surface area contributed by atoms with E-state index in [1.807, 2.05) is 30.3 Å². The Kier molecular flexibility index (Phi) is 9.91. The van der Waals surface area contributed by atoms with E-state index < -0.39 is 6.09 Å². The normalized spacial score (nSPS) is 10.5. The van der Waals surface area contributed by atoms with Gasteiger partial charge in [0.15, 0.2) is 0 Å². The monoisotopic (exact) mass is 357 g/mol. The molecule has 0 spiro atoms. The Morgan fingerprint density at radius 2 is 1.81 bits per heavy atom. The fourth-order valence-electron chi connectivity index (χ4n) is 1.98. The van der Waals surface area contributed by atoms with Gasteiger partial charge in [-0.25, -0.2) is 4.79 Å². The zero-order valence-corrected chi connectivity index (χ0v) is 13.9. The summed E-state index contributed by atoms with van der Waals surface area (Å²) >= 11 is 3.41. The number of hydrogen-bond donors (Lipinski definition) is 1. The van der Waals surface area contributed by atoms with Gasteiger partial charge in [-0.15, -0.1) is 0 Å². The molecule has 0 radical (unpaired) electrons. The van der Waals surface area contributed by atoms with Crippen molar-refractivity contribution < 1.29 is 14.6 Å². The van der Waals surface area contributed by atoms with Crippen molar-refractivity contribution in [1.82, 2.24) is 4.90 Å². The van der Waals surface area contributed by atoms with Crippen LogP contribution in [-0.2, 0) is 11.3 Å². The second kappa shape index (κ2) is 11.6. The van der Waals surface area contributed by atoms with E-state index >= 15 is 0 Å². The van der Waals surface area contributed by atoms with Gasteiger partial charge < -0.3 is 14.7 Å². The Morgan fingerprint density at radius 1 is 1.10 bits per heavy atom. The zero-order valence-electron chi connectivity index (χ0n) is 12.3. The number of amides is 1. The Balaban J connectivity index is 2.16. The lowest BCUT2D eigenvalue weighted by atomic mass is 10.2. The Hall–Kier alpha value is -1.07. The van der Waals surface area contributed by atoms with Gasteiger partial charge in [0.25, 0.3) is 0 Å². The molecule has 0 bridgehead atoms. The third-order valence-corrected chi connectivity index (χ3v) is 3.73. The molecule has 21 heavy (non-hydrogen) atoms. The number of unbranched alkanes of at least 4 members (excludes halogenated alkanes) is 3. The molecule has 0 aliphatic carbocycles. The van der Waals surface area contributed by atoms with Crippen molar-refractivity contribution in [3.63, 3.8) is 0 Å². The number of ether oxygens (including phenoxy) is 1. The molecule has 0 atom stereocenters. The van der Waals surface area contributed by atoms with Crippen molar-refractivity contribution in [3.05, 3.63) is 35.9 Å². The Bertz CT molecular complexity index is 386. The molecular weight excluding hydrogens is 334 g/mol. The summed E-state index contributed by atoms with van der Waals surface area (Å²) < 4.78 is 5.52. The molecule has 0 heterocycles. The first kappa shape index (κ1) is 18.0. The molecular formula is C16H24BrNO3. The van der Waals surface area contributed by atoms with Crippen molar-refractivity contribution in [2.45, 2.75) is 32.2 Å². The molecule has 118 valence electrons. The minimum Gasteiger partial charge on any atom is -0.465 e. The molecule has 0 aliphatic rings. The maximum Gasteiger partial charge on any atom is 0.407 e. The lowest BCUT2D eigenvalue weighted by molar-refractivity contribution is 0.0899. The molecule has 0 saturated heterocycles. The average Bonchev–Trinajstić information content (AvgIpc) is 2.49. The van der Waals surface area contributed by atoms with Gasteiger partial charge in [-0.3, -0.25) is 0 Å². The van der Waals surface area contributed by atoms with Crippen LogP contribution in [0.25, 0.3) is 0 Å². The molecule has 1 aromatic carbocycles. The van der Waals surface area contributed by atoms with Crippen LogP contribution >= 0.6 is 15.9 Å². The van der Waals surface area contributed by atoms with E-state index in [-0.39, 0.29) is 0 Å². The molecule has 1 aromatic rings. The highest BCUT2D eigenvalue weighted by molar-refractivity contribution is 9.09. The van der Waals surface area contributed by atoms with Crippen LogP contribution < -0.4 is 0 Å². The molecule has 0 unspecified atom stereocenters. The van der Waals surface area contributed by atoms with E-state index in [0.717, 1.165) is 23.7 Å². The average molecular weight is 358 g/mol. The van der Waals surface area contributed by atoms with E-state index in [0.29, 0.717) is 26.3 Å². The van der Waals surface area contributed by atoms with Crippen molar-refractivity contribution in [2.75, 3.05) is 25.1 Å². The van der Waals surface area contributed by atoms with E-state index in [4.69, 9.17) is 4.74 Å². The van der Waals surface area contributed by atoms with Gasteiger partial charge in [-0.1, -0.05) is 59.1 Å². The van der Waals surface area contributed by atoms with Crippen LogP contribution in [0.2, 0.25) is 0 Å². The van der Waals surface area contributed by atoms with E-state index in [2.05, 4.69) is 15.9 Å². The minimum absolute atomic E-state index is 0.408. The topological polar surface area (TPSA) is 49.8 Å². The number of alkyl halides is 1. The molecule has 0 aromatic heterocycles. The second-order valence-electron chi connectivity index (χ2n) is 4.91. The summed E-state index contributed by atoms with van der Waals surface area (Å²) in [5, 5.41) is 10.3. The summed E-state index contributed by atoms with van der Waals surface area (Å²) in [7, 11) is 0. The van der Waals surface area contributed by atoms with Crippen LogP contribution in [0.5, 0.6) is 0 Å². The standard InChI is InChI=1S/C16H24BrNO3/c17-10-6-1-2-7-12-21-13-11-18(16(19)20)14-15-8-4-3-5-9-15/h3-5,8-9H,1-2,6-7,10-14H2,(H,19,20). The first-order valence-electron chi connectivity index (χ1n) is 7.39. The number of hydrogen-bond acceptors (Lipinski definition) is 2. The van der Waals surface area contributed by atoms with Crippen molar-refractivity contribution in [1.29, 1.82) is 0 Å². The van der Waals surface area contributed by atoms with E-state index in [9.17, 15) is 9.90 Å². The predicted octanol–water partition coefficient (Wildman–Crippen LogP) is 4.14. The van der Waals surface area contributed by atoms with Crippen molar-refractivity contribution in [3.8, 4) is 0 Å². The Labute approximate surface area is 135 Å². The van der Waals surface area contributed by atoms with Crippen molar-refractivity contribution in [2.24, 2.45) is 0 Å². The number of nitrogens with zero attached hydrogens (tertiary/aromatic N) is 1. The molecule has 1 rings (SSSR count). The second-order valence-corrected chi connectivity index (χ2v) is 5.70.